The molecular weight excluding hydrogens is 539 g/mol. The average molecular weight is 566 g/mol. The van der Waals surface area contributed by atoms with Gasteiger partial charge in [0.05, 0.1) is 29.1 Å². The Morgan fingerprint density at radius 1 is 0.950 bits per heavy atom. The third-order valence-electron chi connectivity index (χ3n) is 6.91. The molecule has 4 aromatic rings. The van der Waals surface area contributed by atoms with E-state index in [-0.39, 0.29) is 18.2 Å². The number of nitrogens with one attached hydrogen (secondary N) is 1. The molecule has 0 radical (unpaired) electrons. The Kier molecular flexibility index (Phi) is 7.66. The molecule has 0 bridgehead atoms. The fourth-order valence-electron chi connectivity index (χ4n) is 4.71. The van der Waals surface area contributed by atoms with Crippen molar-refractivity contribution >= 4 is 29.3 Å². The van der Waals surface area contributed by atoms with Gasteiger partial charge in [0.2, 0.25) is 5.91 Å². The normalized spacial score (nSPS) is 12.9. The third-order valence-corrected chi connectivity index (χ3v) is 7.83. The molecule has 0 aliphatic carbocycles. The highest BCUT2D eigenvalue weighted by atomic mass is 32.2. The quantitative estimate of drug-likeness (QED) is 0.299. The summed E-state index contributed by atoms with van der Waals surface area (Å²) >= 11 is 1.22. The van der Waals surface area contributed by atoms with E-state index in [2.05, 4.69) is 15.5 Å². The van der Waals surface area contributed by atoms with Crippen LogP contribution in [0.3, 0.4) is 0 Å². The maximum atomic E-state index is 13.4. The first kappa shape index (κ1) is 27.4. The second-order valence-corrected chi connectivity index (χ2v) is 10.3. The number of nitrogens with zero attached hydrogens (tertiary/aromatic N) is 4. The number of hydrogen-bond donors (Lipinski definition) is 1. The van der Waals surface area contributed by atoms with Crippen LogP contribution in [0.5, 0.6) is 0 Å². The van der Waals surface area contributed by atoms with Gasteiger partial charge < -0.3 is 10.2 Å². The van der Waals surface area contributed by atoms with Crippen LogP contribution in [0.1, 0.15) is 38.4 Å². The highest BCUT2D eigenvalue weighted by Gasteiger charge is 2.35. The predicted molar refractivity (Wildman–Crippen MR) is 147 cm³/mol. The molecule has 0 fully saturated rings. The van der Waals surface area contributed by atoms with Gasteiger partial charge >= 0.3 is 6.18 Å². The molecule has 206 valence electrons. The first-order chi connectivity index (χ1) is 19.1. The van der Waals surface area contributed by atoms with E-state index in [1.54, 1.807) is 9.47 Å². The van der Waals surface area contributed by atoms with Crippen molar-refractivity contribution in [2.24, 2.45) is 0 Å². The molecule has 1 aliphatic heterocycles. The summed E-state index contributed by atoms with van der Waals surface area (Å²) in [6, 6.07) is 18.1. The van der Waals surface area contributed by atoms with Crippen molar-refractivity contribution in [2.45, 2.75) is 38.1 Å². The molecule has 40 heavy (non-hydrogen) atoms. The number of aromatic nitrogens is 3. The Morgan fingerprint density at radius 3 is 2.48 bits per heavy atom. The van der Waals surface area contributed by atoms with Crippen LogP contribution in [0.4, 0.5) is 18.9 Å². The van der Waals surface area contributed by atoms with Crippen molar-refractivity contribution in [3.8, 4) is 5.69 Å². The molecule has 3 aromatic carbocycles. The smallest absolute Gasteiger partial charge is 0.345 e. The monoisotopic (exact) mass is 565 g/mol. The highest BCUT2D eigenvalue weighted by molar-refractivity contribution is 7.99. The lowest BCUT2D eigenvalue weighted by Gasteiger charge is -2.18. The molecule has 0 saturated carbocycles. The molecule has 0 atom stereocenters. The molecular formula is C29H26F3N5O2S. The number of para-hydroxylation sites is 1. The lowest BCUT2D eigenvalue weighted by Crippen LogP contribution is -2.30. The standard InChI is InChI=1S/C29H26F3N5O2S/c1-18-8-7-13-23(19(18)2)37-25(16-33-27(39)21-10-4-5-11-22(21)29(30,31)32)34-35-28(37)40-17-26(38)36-15-14-20-9-3-6-12-24(20)36/h3-13H,14-17H2,1-2H3,(H,33,39). The van der Waals surface area contributed by atoms with Crippen LogP contribution in [0.2, 0.25) is 0 Å². The van der Waals surface area contributed by atoms with E-state index in [1.807, 2.05) is 56.3 Å². The predicted octanol–water partition coefficient (Wildman–Crippen LogP) is 5.51. The zero-order valence-electron chi connectivity index (χ0n) is 21.8. The van der Waals surface area contributed by atoms with Gasteiger partial charge in [0.1, 0.15) is 0 Å². The van der Waals surface area contributed by atoms with Gasteiger partial charge in [-0.1, -0.05) is 54.2 Å². The van der Waals surface area contributed by atoms with Gasteiger partial charge in [-0.25, -0.2) is 0 Å². The number of hydrogen-bond acceptors (Lipinski definition) is 5. The number of carbonyl (C=O) groups is 2. The topological polar surface area (TPSA) is 80.1 Å². The zero-order valence-corrected chi connectivity index (χ0v) is 22.6. The van der Waals surface area contributed by atoms with Crippen LogP contribution in [0.25, 0.3) is 5.69 Å². The summed E-state index contributed by atoms with van der Waals surface area (Å²) in [7, 11) is 0. The minimum atomic E-state index is -4.67. The Bertz CT molecular complexity index is 1580. The van der Waals surface area contributed by atoms with E-state index in [4.69, 9.17) is 0 Å². The van der Waals surface area contributed by atoms with Crippen molar-refractivity contribution in [2.75, 3.05) is 17.2 Å². The molecule has 7 nitrogen and oxygen atoms in total. The minimum Gasteiger partial charge on any atom is -0.345 e. The van der Waals surface area contributed by atoms with Crippen LogP contribution in [-0.4, -0.2) is 38.9 Å². The van der Waals surface area contributed by atoms with Gasteiger partial charge in [-0.05, 0) is 61.2 Å². The van der Waals surface area contributed by atoms with Crippen LogP contribution in [0.15, 0.2) is 71.9 Å². The number of benzene rings is 3. The average Bonchev–Trinajstić information content (AvgIpc) is 3.55. The van der Waals surface area contributed by atoms with Crippen LogP contribution in [-0.2, 0) is 23.9 Å². The number of anilines is 1. The van der Waals surface area contributed by atoms with Gasteiger partial charge in [-0.15, -0.1) is 10.2 Å². The number of carbonyl (C=O) groups excluding carboxylic acids is 2. The maximum Gasteiger partial charge on any atom is 0.417 e. The summed E-state index contributed by atoms with van der Waals surface area (Å²) in [5.41, 5.74) is 3.27. The Morgan fingerprint density at radius 2 is 1.68 bits per heavy atom. The molecule has 0 unspecified atom stereocenters. The molecule has 2 amide bonds. The number of aryl methyl sites for hydroxylation is 1. The van der Waals surface area contributed by atoms with Crippen molar-refractivity contribution in [3.63, 3.8) is 0 Å². The minimum absolute atomic E-state index is 0.0657. The molecule has 2 heterocycles. The molecule has 1 aliphatic rings. The van der Waals surface area contributed by atoms with Crippen LogP contribution >= 0.6 is 11.8 Å². The summed E-state index contributed by atoms with van der Waals surface area (Å²) in [5, 5.41) is 11.5. The number of rotatable bonds is 7. The fourth-order valence-corrected chi connectivity index (χ4v) is 5.55. The Balaban J connectivity index is 1.39. The summed E-state index contributed by atoms with van der Waals surface area (Å²) < 4.78 is 42.1. The lowest BCUT2D eigenvalue weighted by atomic mass is 10.1. The second-order valence-electron chi connectivity index (χ2n) is 9.39. The lowest BCUT2D eigenvalue weighted by molar-refractivity contribution is -0.138. The third kappa shape index (κ3) is 5.46. The van der Waals surface area contributed by atoms with Crippen molar-refractivity contribution in [1.29, 1.82) is 0 Å². The molecule has 5 rings (SSSR count). The number of fused-ring (bicyclic) bond motifs is 1. The first-order valence-corrected chi connectivity index (χ1v) is 13.6. The maximum absolute atomic E-state index is 13.4. The van der Waals surface area contributed by atoms with Gasteiger partial charge in [-0.3, -0.25) is 14.2 Å². The van der Waals surface area contributed by atoms with Crippen molar-refractivity contribution in [1.82, 2.24) is 20.1 Å². The van der Waals surface area contributed by atoms with E-state index in [9.17, 15) is 22.8 Å². The number of thioether (sulfide) groups is 1. The van der Waals surface area contributed by atoms with Crippen molar-refractivity contribution < 1.29 is 22.8 Å². The van der Waals surface area contributed by atoms with E-state index in [0.29, 0.717) is 17.5 Å². The Hall–Kier alpha value is -4.12. The van der Waals surface area contributed by atoms with Gasteiger partial charge in [0.15, 0.2) is 11.0 Å². The van der Waals surface area contributed by atoms with E-state index in [0.717, 1.165) is 46.6 Å². The van der Waals surface area contributed by atoms with Crippen LogP contribution < -0.4 is 10.2 Å². The van der Waals surface area contributed by atoms with E-state index < -0.39 is 23.2 Å². The van der Waals surface area contributed by atoms with Gasteiger partial charge in [0.25, 0.3) is 5.91 Å². The van der Waals surface area contributed by atoms with Gasteiger partial charge in [-0.2, -0.15) is 13.2 Å². The molecule has 0 saturated heterocycles. The fraction of sp³-hybridized carbons (Fsp3) is 0.241. The first-order valence-electron chi connectivity index (χ1n) is 12.6. The SMILES string of the molecule is Cc1cccc(-n2c(CNC(=O)c3ccccc3C(F)(F)F)nnc2SCC(=O)N2CCc3ccccc32)c1C. The van der Waals surface area contributed by atoms with E-state index >= 15 is 0 Å². The molecule has 11 heteroatoms. The second kappa shape index (κ2) is 11.2. The summed E-state index contributed by atoms with van der Waals surface area (Å²) in [4.78, 5) is 27.7. The van der Waals surface area contributed by atoms with Crippen molar-refractivity contribution in [3.05, 3.63) is 100 Å². The zero-order chi connectivity index (χ0) is 28.4. The Labute approximate surface area is 233 Å². The van der Waals surface area contributed by atoms with E-state index in [1.165, 1.54) is 23.9 Å². The summed E-state index contributed by atoms with van der Waals surface area (Å²) in [6.45, 7) is 4.34. The number of amides is 2. The van der Waals surface area contributed by atoms with Crippen LogP contribution in [0, 0.1) is 13.8 Å². The number of halogens is 3. The summed E-state index contributed by atoms with van der Waals surface area (Å²) in [5.74, 6) is -0.500. The largest absolute Gasteiger partial charge is 0.417 e. The summed E-state index contributed by atoms with van der Waals surface area (Å²) in [6.07, 6.45) is -3.87. The molecule has 1 N–H and O–H groups in total. The molecule has 0 spiro atoms. The number of alkyl halides is 3. The molecule has 1 aromatic heterocycles. The van der Waals surface area contributed by atoms with Gasteiger partial charge in [0, 0.05) is 12.2 Å². The highest BCUT2D eigenvalue weighted by Crippen LogP contribution is 2.32.